The Bertz CT molecular complexity index is 843. The Morgan fingerprint density at radius 1 is 1.04 bits per heavy atom. The molecule has 0 fully saturated rings. The van der Waals surface area contributed by atoms with Gasteiger partial charge in [0.2, 0.25) is 0 Å². The first-order valence-corrected chi connectivity index (χ1v) is 7.58. The van der Waals surface area contributed by atoms with Gasteiger partial charge in [0.1, 0.15) is 6.54 Å². The van der Waals surface area contributed by atoms with Crippen LogP contribution in [0.5, 0.6) is 0 Å². The number of ether oxygens (including phenoxy) is 1. The predicted molar refractivity (Wildman–Crippen MR) is 89.0 cm³/mol. The van der Waals surface area contributed by atoms with Gasteiger partial charge in [0.05, 0.1) is 17.4 Å². The lowest BCUT2D eigenvalue weighted by Gasteiger charge is -2.07. The van der Waals surface area contributed by atoms with Crippen molar-refractivity contribution < 1.29 is 14.3 Å². The molecule has 2 aromatic carbocycles. The van der Waals surface area contributed by atoms with Crippen molar-refractivity contribution in [3.05, 3.63) is 66.5 Å². The maximum absolute atomic E-state index is 11.9. The van der Waals surface area contributed by atoms with Gasteiger partial charge in [-0.05, 0) is 17.7 Å². The lowest BCUT2D eigenvalue weighted by molar-refractivity contribution is -0.149. The molecule has 122 valence electrons. The third kappa shape index (κ3) is 3.98. The minimum absolute atomic E-state index is 0.0203. The summed E-state index contributed by atoms with van der Waals surface area (Å²) in [6.07, 6.45) is 1.58. The number of carbonyl (C=O) groups is 2. The molecule has 0 atom stereocenters. The van der Waals surface area contributed by atoms with E-state index < -0.39 is 5.97 Å². The molecule has 0 aliphatic carbocycles. The van der Waals surface area contributed by atoms with Crippen molar-refractivity contribution in [1.29, 1.82) is 0 Å². The Morgan fingerprint density at radius 2 is 1.79 bits per heavy atom. The highest BCUT2D eigenvalue weighted by atomic mass is 16.5. The van der Waals surface area contributed by atoms with Crippen LogP contribution in [0.4, 0.5) is 0 Å². The first-order chi connectivity index (χ1) is 11.7. The SMILES string of the molecule is O=C(COC(=O)Cn1cnc2ccccc21)NCc1ccccc1. The average molecular weight is 323 g/mol. The number of esters is 1. The number of carbonyl (C=O) groups excluding carboxylic acids is 2. The van der Waals surface area contributed by atoms with E-state index in [0.717, 1.165) is 16.6 Å². The van der Waals surface area contributed by atoms with Gasteiger partial charge in [-0.2, -0.15) is 0 Å². The Kier molecular flexibility index (Phi) is 4.86. The number of para-hydroxylation sites is 2. The predicted octanol–water partition coefficient (Wildman–Crippen LogP) is 1.90. The molecule has 1 amide bonds. The number of rotatable bonds is 6. The van der Waals surface area contributed by atoms with Crippen molar-refractivity contribution in [1.82, 2.24) is 14.9 Å². The first kappa shape index (κ1) is 15.7. The van der Waals surface area contributed by atoms with E-state index in [1.54, 1.807) is 10.9 Å². The molecule has 1 N–H and O–H groups in total. The summed E-state index contributed by atoms with van der Waals surface area (Å²) >= 11 is 0. The molecule has 1 heterocycles. The third-order valence-corrected chi connectivity index (χ3v) is 3.52. The van der Waals surface area contributed by atoms with Gasteiger partial charge in [-0.15, -0.1) is 0 Å². The summed E-state index contributed by atoms with van der Waals surface area (Å²) in [6, 6.07) is 17.0. The molecule has 0 radical (unpaired) electrons. The summed E-state index contributed by atoms with van der Waals surface area (Å²) in [7, 11) is 0. The number of imidazole rings is 1. The molecular formula is C18H17N3O3. The van der Waals surface area contributed by atoms with Crippen LogP contribution in [0, 0.1) is 0 Å². The maximum Gasteiger partial charge on any atom is 0.326 e. The second-order valence-electron chi connectivity index (χ2n) is 5.28. The molecule has 6 heteroatoms. The van der Waals surface area contributed by atoms with Crippen LogP contribution in [0.25, 0.3) is 11.0 Å². The zero-order valence-corrected chi connectivity index (χ0v) is 13.0. The molecule has 1 aromatic heterocycles. The maximum atomic E-state index is 11.9. The van der Waals surface area contributed by atoms with Crippen LogP contribution in [0.2, 0.25) is 0 Å². The van der Waals surface area contributed by atoms with Crippen LogP contribution in [-0.4, -0.2) is 28.0 Å². The van der Waals surface area contributed by atoms with Gasteiger partial charge in [-0.1, -0.05) is 42.5 Å². The largest absolute Gasteiger partial charge is 0.454 e. The summed E-state index contributed by atoms with van der Waals surface area (Å²) in [6.45, 7) is 0.133. The molecule has 0 saturated heterocycles. The Balaban J connectivity index is 1.46. The second kappa shape index (κ2) is 7.41. The molecule has 3 rings (SSSR count). The normalized spacial score (nSPS) is 10.5. The first-order valence-electron chi connectivity index (χ1n) is 7.58. The summed E-state index contributed by atoms with van der Waals surface area (Å²) in [5, 5.41) is 2.71. The van der Waals surface area contributed by atoms with Gasteiger partial charge >= 0.3 is 5.97 Å². The van der Waals surface area contributed by atoms with E-state index in [9.17, 15) is 9.59 Å². The average Bonchev–Trinajstić information content (AvgIpc) is 3.02. The number of benzene rings is 2. The summed E-state index contributed by atoms with van der Waals surface area (Å²) in [4.78, 5) is 27.8. The van der Waals surface area contributed by atoms with Gasteiger partial charge < -0.3 is 14.6 Å². The number of aromatic nitrogens is 2. The highest BCUT2D eigenvalue weighted by molar-refractivity contribution is 5.81. The fraction of sp³-hybridized carbons (Fsp3) is 0.167. The molecule has 0 aliphatic heterocycles. The van der Waals surface area contributed by atoms with Gasteiger partial charge in [0.25, 0.3) is 5.91 Å². The molecule has 6 nitrogen and oxygen atoms in total. The van der Waals surface area contributed by atoms with E-state index in [1.165, 1.54) is 0 Å². The van der Waals surface area contributed by atoms with Crippen LogP contribution >= 0.6 is 0 Å². The smallest absolute Gasteiger partial charge is 0.326 e. The van der Waals surface area contributed by atoms with Crippen molar-refractivity contribution in [2.24, 2.45) is 0 Å². The van der Waals surface area contributed by atoms with Crippen molar-refractivity contribution in [3.63, 3.8) is 0 Å². The van der Waals surface area contributed by atoms with Gasteiger partial charge in [0.15, 0.2) is 6.61 Å². The van der Waals surface area contributed by atoms with Crippen molar-refractivity contribution >= 4 is 22.9 Å². The number of hydrogen-bond acceptors (Lipinski definition) is 4. The van der Waals surface area contributed by atoms with Gasteiger partial charge in [0, 0.05) is 6.54 Å². The fourth-order valence-corrected chi connectivity index (χ4v) is 2.31. The van der Waals surface area contributed by atoms with E-state index in [2.05, 4.69) is 10.3 Å². The Labute approximate surface area is 139 Å². The van der Waals surface area contributed by atoms with E-state index in [-0.39, 0.29) is 19.1 Å². The monoisotopic (exact) mass is 323 g/mol. The third-order valence-electron chi connectivity index (χ3n) is 3.52. The quantitative estimate of drug-likeness (QED) is 0.703. The highest BCUT2D eigenvalue weighted by Gasteiger charge is 2.10. The van der Waals surface area contributed by atoms with Crippen molar-refractivity contribution in [3.8, 4) is 0 Å². The summed E-state index contributed by atoms with van der Waals surface area (Å²) in [5.41, 5.74) is 2.65. The van der Waals surface area contributed by atoms with Crippen molar-refractivity contribution in [2.75, 3.05) is 6.61 Å². The van der Waals surface area contributed by atoms with Crippen LogP contribution in [0.15, 0.2) is 60.9 Å². The summed E-state index contributed by atoms with van der Waals surface area (Å²) in [5.74, 6) is -0.810. The summed E-state index contributed by atoms with van der Waals surface area (Å²) < 4.78 is 6.71. The fourth-order valence-electron chi connectivity index (χ4n) is 2.31. The minimum atomic E-state index is -0.479. The number of fused-ring (bicyclic) bond motifs is 1. The van der Waals surface area contributed by atoms with Crippen LogP contribution in [0.3, 0.4) is 0 Å². The van der Waals surface area contributed by atoms with Crippen LogP contribution < -0.4 is 5.32 Å². The highest BCUT2D eigenvalue weighted by Crippen LogP contribution is 2.11. The van der Waals surface area contributed by atoms with E-state index in [4.69, 9.17) is 4.74 Å². The number of amides is 1. The molecule has 0 aliphatic rings. The molecule has 0 bridgehead atoms. The molecule has 0 saturated carbocycles. The van der Waals surface area contributed by atoms with Gasteiger partial charge in [-0.3, -0.25) is 9.59 Å². The lowest BCUT2D eigenvalue weighted by Crippen LogP contribution is -2.29. The standard InChI is InChI=1S/C18H17N3O3/c22-17(19-10-14-6-2-1-3-7-14)12-24-18(23)11-21-13-20-15-8-4-5-9-16(15)21/h1-9,13H,10-12H2,(H,19,22). The lowest BCUT2D eigenvalue weighted by atomic mass is 10.2. The van der Waals surface area contributed by atoms with Crippen LogP contribution in [0.1, 0.15) is 5.56 Å². The number of hydrogen-bond donors (Lipinski definition) is 1. The number of nitrogens with one attached hydrogen (secondary N) is 1. The van der Waals surface area contributed by atoms with Crippen molar-refractivity contribution in [2.45, 2.75) is 13.1 Å². The topological polar surface area (TPSA) is 73.2 Å². The zero-order valence-electron chi connectivity index (χ0n) is 13.0. The Hall–Kier alpha value is -3.15. The number of nitrogens with zero attached hydrogens (tertiary/aromatic N) is 2. The second-order valence-corrected chi connectivity index (χ2v) is 5.28. The van der Waals surface area contributed by atoms with E-state index >= 15 is 0 Å². The molecule has 0 spiro atoms. The zero-order chi connectivity index (χ0) is 16.8. The minimum Gasteiger partial charge on any atom is -0.454 e. The molecular weight excluding hydrogens is 306 g/mol. The Morgan fingerprint density at radius 3 is 2.62 bits per heavy atom. The van der Waals surface area contributed by atoms with E-state index in [1.807, 2.05) is 54.6 Å². The van der Waals surface area contributed by atoms with Gasteiger partial charge in [-0.25, -0.2) is 4.98 Å². The molecule has 0 unspecified atom stereocenters. The van der Waals surface area contributed by atoms with Crippen LogP contribution in [-0.2, 0) is 27.4 Å². The van der Waals surface area contributed by atoms with E-state index in [0.29, 0.717) is 6.54 Å². The molecule has 24 heavy (non-hydrogen) atoms. The molecule has 3 aromatic rings.